The first kappa shape index (κ1) is 9.79. The molecule has 2 rings (SSSR count). The highest BCUT2D eigenvalue weighted by Gasteiger charge is 2.06. The lowest BCUT2D eigenvalue weighted by molar-refractivity contribution is 0.879. The van der Waals surface area contributed by atoms with E-state index in [1.165, 1.54) is 4.68 Å². The van der Waals surface area contributed by atoms with Crippen LogP contribution in [0.3, 0.4) is 0 Å². The van der Waals surface area contributed by atoms with Crippen LogP contribution >= 0.6 is 11.6 Å². The third kappa shape index (κ3) is 2.02. The molecular formula is C9H10ClN5. The van der Waals surface area contributed by atoms with E-state index in [1.54, 1.807) is 0 Å². The van der Waals surface area contributed by atoms with Crippen LogP contribution < -0.4 is 11.6 Å². The van der Waals surface area contributed by atoms with E-state index >= 15 is 0 Å². The van der Waals surface area contributed by atoms with Crippen LogP contribution in [0.15, 0.2) is 24.3 Å². The smallest absolute Gasteiger partial charge is 0.240 e. The lowest BCUT2D eigenvalue weighted by atomic mass is 10.1. The molecule has 0 saturated heterocycles. The lowest BCUT2D eigenvalue weighted by Crippen LogP contribution is -2.15. The van der Waals surface area contributed by atoms with Crippen LogP contribution in [-0.2, 0) is 6.42 Å². The van der Waals surface area contributed by atoms with Crippen LogP contribution in [0.1, 0.15) is 11.4 Å². The molecule has 2 aromatic rings. The zero-order chi connectivity index (χ0) is 10.8. The highest BCUT2D eigenvalue weighted by molar-refractivity contribution is 6.30. The normalized spacial score (nSPS) is 10.5. The summed E-state index contributed by atoms with van der Waals surface area (Å²) in [6.07, 6.45) is 0.581. The first-order chi connectivity index (χ1) is 7.16. The summed E-state index contributed by atoms with van der Waals surface area (Å²) in [6.45, 7) is 0. The van der Waals surface area contributed by atoms with Gasteiger partial charge in [-0.3, -0.25) is 0 Å². The van der Waals surface area contributed by atoms with Gasteiger partial charge in [0.15, 0.2) is 5.82 Å². The van der Waals surface area contributed by atoms with Gasteiger partial charge in [-0.15, -0.1) is 10.2 Å². The molecule has 4 N–H and O–H groups in total. The van der Waals surface area contributed by atoms with E-state index < -0.39 is 0 Å². The van der Waals surface area contributed by atoms with Gasteiger partial charge in [0.2, 0.25) is 5.95 Å². The SMILES string of the molecule is Nc1nnc(Cc2ccc(Cl)cc2)n1N. The van der Waals surface area contributed by atoms with Gasteiger partial charge in [-0.2, -0.15) is 0 Å². The number of halogens is 1. The van der Waals surface area contributed by atoms with E-state index in [0.717, 1.165) is 5.56 Å². The molecule has 0 spiro atoms. The number of hydrogen-bond acceptors (Lipinski definition) is 4. The quantitative estimate of drug-likeness (QED) is 0.739. The van der Waals surface area contributed by atoms with E-state index in [-0.39, 0.29) is 5.95 Å². The van der Waals surface area contributed by atoms with Crippen molar-refractivity contribution in [2.45, 2.75) is 6.42 Å². The molecule has 0 aliphatic rings. The maximum Gasteiger partial charge on any atom is 0.240 e. The fourth-order valence-corrected chi connectivity index (χ4v) is 1.37. The minimum Gasteiger partial charge on any atom is -0.366 e. The van der Waals surface area contributed by atoms with Gasteiger partial charge in [-0.1, -0.05) is 23.7 Å². The second-order valence-electron chi connectivity index (χ2n) is 3.15. The van der Waals surface area contributed by atoms with Gasteiger partial charge >= 0.3 is 0 Å². The Balaban J connectivity index is 2.22. The van der Waals surface area contributed by atoms with Gasteiger partial charge in [0.25, 0.3) is 0 Å². The van der Waals surface area contributed by atoms with Crippen molar-refractivity contribution in [2.75, 3.05) is 11.6 Å². The molecule has 15 heavy (non-hydrogen) atoms. The minimum atomic E-state index is 0.207. The topological polar surface area (TPSA) is 82.8 Å². The molecule has 5 nitrogen and oxygen atoms in total. The Labute approximate surface area is 91.6 Å². The summed E-state index contributed by atoms with van der Waals surface area (Å²) >= 11 is 5.77. The third-order valence-corrected chi connectivity index (χ3v) is 2.32. The molecule has 0 atom stereocenters. The van der Waals surface area contributed by atoms with E-state index in [2.05, 4.69) is 10.2 Å². The van der Waals surface area contributed by atoms with Crippen LogP contribution in [0.4, 0.5) is 5.95 Å². The molecule has 1 aromatic heterocycles. The van der Waals surface area contributed by atoms with Gasteiger partial charge < -0.3 is 11.6 Å². The molecule has 0 unspecified atom stereocenters. The van der Waals surface area contributed by atoms with Gasteiger partial charge in [-0.25, -0.2) is 4.68 Å². The van der Waals surface area contributed by atoms with E-state index in [0.29, 0.717) is 17.3 Å². The van der Waals surface area contributed by atoms with Crippen molar-refractivity contribution < 1.29 is 0 Å². The molecule has 0 aliphatic heterocycles. The predicted molar refractivity (Wildman–Crippen MR) is 58.8 cm³/mol. The first-order valence-electron chi connectivity index (χ1n) is 4.36. The van der Waals surface area contributed by atoms with Crippen LogP contribution in [0.25, 0.3) is 0 Å². The van der Waals surface area contributed by atoms with Crippen molar-refractivity contribution in [2.24, 2.45) is 0 Å². The molecule has 6 heteroatoms. The van der Waals surface area contributed by atoms with Crippen LogP contribution in [0, 0.1) is 0 Å². The Morgan fingerprint density at radius 1 is 1.20 bits per heavy atom. The summed E-state index contributed by atoms with van der Waals surface area (Å²) in [4.78, 5) is 0. The van der Waals surface area contributed by atoms with E-state index in [9.17, 15) is 0 Å². The zero-order valence-electron chi connectivity index (χ0n) is 7.89. The number of anilines is 1. The number of rotatable bonds is 2. The average molecular weight is 224 g/mol. The summed E-state index contributed by atoms with van der Waals surface area (Å²) in [7, 11) is 0. The van der Waals surface area contributed by atoms with Crippen LogP contribution in [0.2, 0.25) is 5.02 Å². The third-order valence-electron chi connectivity index (χ3n) is 2.07. The molecule has 0 radical (unpaired) electrons. The van der Waals surface area contributed by atoms with Crippen molar-refractivity contribution in [3.63, 3.8) is 0 Å². The number of aromatic nitrogens is 3. The molecular weight excluding hydrogens is 214 g/mol. The van der Waals surface area contributed by atoms with Crippen LogP contribution in [0.5, 0.6) is 0 Å². The van der Waals surface area contributed by atoms with Crippen molar-refractivity contribution >= 4 is 17.5 Å². The zero-order valence-corrected chi connectivity index (χ0v) is 8.65. The fourth-order valence-electron chi connectivity index (χ4n) is 1.24. The van der Waals surface area contributed by atoms with Crippen molar-refractivity contribution in [1.82, 2.24) is 14.9 Å². The second kappa shape index (κ2) is 3.78. The lowest BCUT2D eigenvalue weighted by Gasteiger charge is -2.01. The molecule has 0 aliphatic carbocycles. The molecule has 78 valence electrons. The van der Waals surface area contributed by atoms with Gasteiger partial charge in [0, 0.05) is 11.4 Å². The molecule has 1 heterocycles. The number of nitrogens with two attached hydrogens (primary N) is 2. The Bertz CT molecular complexity index is 462. The summed E-state index contributed by atoms with van der Waals surface area (Å²) in [5, 5.41) is 8.23. The Morgan fingerprint density at radius 3 is 2.40 bits per heavy atom. The highest BCUT2D eigenvalue weighted by atomic mass is 35.5. The van der Waals surface area contributed by atoms with Crippen LogP contribution in [-0.4, -0.2) is 14.9 Å². The number of nitrogens with zero attached hydrogens (tertiary/aromatic N) is 3. The number of hydrogen-bond donors (Lipinski definition) is 2. The molecule has 1 aromatic carbocycles. The summed E-state index contributed by atoms with van der Waals surface area (Å²) in [5.74, 6) is 6.45. The van der Waals surface area contributed by atoms with E-state index in [1.807, 2.05) is 24.3 Å². The Kier molecular flexibility index (Phi) is 2.47. The predicted octanol–water partition coefficient (Wildman–Crippen LogP) is 0.818. The fraction of sp³-hybridized carbons (Fsp3) is 0.111. The average Bonchev–Trinajstić information content (AvgIpc) is 2.53. The van der Waals surface area contributed by atoms with Gasteiger partial charge in [0.05, 0.1) is 0 Å². The van der Waals surface area contributed by atoms with Crippen molar-refractivity contribution in [3.05, 3.63) is 40.7 Å². The molecule has 0 amide bonds. The summed E-state index contributed by atoms with van der Waals surface area (Å²) in [5.41, 5.74) is 6.52. The second-order valence-corrected chi connectivity index (χ2v) is 3.58. The van der Waals surface area contributed by atoms with Gasteiger partial charge in [0.1, 0.15) is 0 Å². The molecule has 0 fully saturated rings. The maximum atomic E-state index is 5.77. The summed E-state index contributed by atoms with van der Waals surface area (Å²) in [6, 6.07) is 7.45. The molecule has 0 saturated carbocycles. The van der Waals surface area contributed by atoms with Gasteiger partial charge in [-0.05, 0) is 17.7 Å². The number of nitrogen functional groups attached to an aromatic ring is 2. The van der Waals surface area contributed by atoms with Crippen molar-refractivity contribution in [1.29, 1.82) is 0 Å². The monoisotopic (exact) mass is 223 g/mol. The van der Waals surface area contributed by atoms with E-state index in [4.69, 9.17) is 23.2 Å². The maximum absolute atomic E-state index is 5.77. The largest absolute Gasteiger partial charge is 0.366 e. The standard InChI is InChI=1S/C9H10ClN5/c10-7-3-1-6(2-4-7)5-8-13-14-9(11)15(8)12/h1-4H,5,12H2,(H2,11,14). The summed E-state index contributed by atoms with van der Waals surface area (Å²) < 4.78 is 1.27. The Morgan fingerprint density at radius 2 is 1.87 bits per heavy atom. The Hall–Kier alpha value is -1.75. The highest BCUT2D eigenvalue weighted by Crippen LogP contribution is 2.12. The minimum absolute atomic E-state index is 0.207. The van der Waals surface area contributed by atoms with Crippen molar-refractivity contribution in [3.8, 4) is 0 Å². The first-order valence-corrected chi connectivity index (χ1v) is 4.74. The number of benzene rings is 1. The molecule has 0 bridgehead atoms.